The van der Waals surface area contributed by atoms with Gasteiger partial charge in [-0.15, -0.1) is 0 Å². The quantitative estimate of drug-likeness (QED) is 0.461. The Morgan fingerprint density at radius 3 is 2.47 bits per heavy atom. The van der Waals surface area contributed by atoms with E-state index in [1.165, 1.54) is 28.8 Å². The highest BCUT2D eigenvalue weighted by Gasteiger charge is 2.30. The van der Waals surface area contributed by atoms with Crippen LogP contribution in [0.3, 0.4) is 0 Å². The van der Waals surface area contributed by atoms with Crippen LogP contribution in [0, 0.1) is 6.92 Å². The molecule has 0 unspecified atom stereocenters. The maximum Gasteiger partial charge on any atom is 0.416 e. The normalized spacial score (nSPS) is 11.7. The van der Waals surface area contributed by atoms with E-state index >= 15 is 0 Å². The molecule has 34 heavy (non-hydrogen) atoms. The number of pyridine rings is 1. The molecule has 0 spiro atoms. The summed E-state index contributed by atoms with van der Waals surface area (Å²) in [5.41, 5.74) is 6.62. The number of fused-ring (bicyclic) bond motifs is 1. The number of hydrogen-bond donors (Lipinski definition) is 1. The van der Waals surface area contributed by atoms with E-state index < -0.39 is 17.6 Å². The van der Waals surface area contributed by atoms with Gasteiger partial charge in [-0.25, -0.2) is 4.98 Å². The van der Waals surface area contributed by atoms with Crippen molar-refractivity contribution in [1.29, 1.82) is 0 Å². The highest BCUT2D eigenvalue weighted by molar-refractivity contribution is 5.92. The summed E-state index contributed by atoms with van der Waals surface area (Å²) in [7, 11) is 1.63. The lowest BCUT2D eigenvalue weighted by atomic mass is 10.2. The molecule has 176 valence electrons. The fraction of sp³-hybridized carbons (Fsp3) is 0.217. The molecule has 0 fully saturated rings. The predicted molar refractivity (Wildman–Crippen MR) is 118 cm³/mol. The van der Waals surface area contributed by atoms with Gasteiger partial charge in [0.25, 0.3) is 5.56 Å². The number of carbonyl (C=O) groups excluding carboxylic acids is 1. The average Bonchev–Trinajstić information content (AvgIpc) is 3.13. The van der Waals surface area contributed by atoms with Gasteiger partial charge in [-0.3, -0.25) is 9.59 Å². The van der Waals surface area contributed by atoms with Gasteiger partial charge in [0, 0.05) is 43.9 Å². The minimum atomic E-state index is -4.45. The SMILES string of the molecule is Cc1nc(Oc2ccc(C(F)(F)F)cc2)cc(-c2cn(CCC(N)=O)c3ccc(=O)n(C)c23)n1. The monoisotopic (exact) mass is 471 g/mol. The van der Waals surface area contributed by atoms with Crippen molar-refractivity contribution in [3.05, 3.63) is 70.4 Å². The van der Waals surface area contributed by atoms with E-state index in [4.69, 9.17) is 10.5 Å². The summed E-state index contributed by atoms with van der Waals surface area (Å²) in [4.78, 5) is 32.3. The van der Waals surface area contributed by atoms with E-state index in [-0.39, 0.29) is 23.6 Å². The minimum absolute atomic E-state index is 0.108. The Bertz CT molecular complexity index is 1440. The summed E-state index contributed by atoms with van der Waals surface area (Å²) in [6.45, 7) is 1.96. The average molecular weight is 471 g/mol. The van der Waals surface area contributed by atoms with Gasteiger partial charge in [-0.05, 0) is 37.3 Å². The van der Waals surface area contributed by atoms with Gasteiger partial charge in [-0.1, -0.05) is 0 Å². The Hall–Kier alpha value is -4.15. The highest BCUT2D eigenvalue weighted by atomic mass is 19.4. The maximum absolute atomic E-state index is 12.8. The van der Waals surface area contributed by atoms with Crippen LogP contribution in [0.25, 0.3) is 22.3 Å². The Balaban J connectivity index is 1.76. The first-order chi connectivity index (χ1) is 16.0. The number of carbonyl (C=O) groups is 1. The molecule has 4 rings (SSSR count). The standard InChI is InChI=1S/C23H20F3N5O3/c1-13-28-17(11-20(29-13)34-15-5-3-14(4-6-15)23(24,25)26)16-12-31(10-9-19(27)32)18-7-8-21(33)30(2)22(16)18/h3-8,11-12H,9-10H2,1-2H3,(H2,27,32). The Morgan fingerprint density at radius 2 is 1.82 bits per heavy atom. The van der Waals surface area contributed by atoms with Crippen molar-refractivity contribution in [2.45, 2.75) is 26.1 Å². The van der Waals surface area contributed by atoms with Crippen LogP contribution in [0.5, 0.6) is 11.6 Å². The van der Waals surface area contributed by atoms with Crippen molar-refractivity contribution in [2.75, 3.05) is 0 Å². The van der Waals surface area contributed by atoms with Crippen molar-refractivity contribution >= 4 is 16.9 Å². The summed E-state index contributed by atoms with van der Waals surface area (Å²) < 4.78 is 47.4. The number of primary amides is 1. The molecule has 0 radical (unpaired) electrons. The van der Waals surface area contributed by atoms with Crippen LogP contribution in [-0.4, -0.2) is 25.0 Å². The second-order valence-electron chi connectivity index (χ2n) is 7.68. The van der Waals surface area contributed by atoms with Crippen molar-refractivity contribution in [2.24, 2.45) is 12.8 Å². The second kappa shape index (κ2) is 8.65. The van der Waals surface area contributed by atoms with Crippen LogP contribution in [0.2, 0.25) is 0 Å². The number of nitrogens with zero attached hydrogens (tertiary/aromatic N) is 4. The van der Waals surface area contributed by atoms with Crippen molar-refractivity contribution < 1.29 is 22.7 Å². The van der Waals surface area contributed by atoms with Gasteiger partial charge < -0.3 is 19.6 Å². The molecular formula is C23H20F3N5O3. The lowest BCUT2D eigenvalue weighted by Gasteiger charge is -2.10. The molecule has 4 aromatic rings. The fourth-order valence-corrected chi connectivity index (χ4v) is 3.63. The summed E-state index contributed by atoms with van der Waals surface area (Å²) in [5.74, 6) is 0.200. The van der Waals surface area contributed by atoms with E-state index in [0.717, 1.165) is 12.1 Å². The van der Waals surface area contributed by atoms with E-state index in [1.54, 1.807) is 26.2 Å². The third-order valence-corrected chi connectivity index (χ3v) is 5.24. The molecule has 8 nitrogen and oxygen atoms in total. The molecule has 1 aromatic carbocycles. The fourth-order valence-electron chi connectivity index (χ4n) is 3.63. The number of aromatic nitrogens is 4. The Labute approximate surface area is 191 Å². The molecule has 3 heterocycles. The molecule has 11 heteroatoms. The lowest BCUT2D eigenvalue weighted by molar-refractivity contribution is -0.137. The van der Waals surface area contributed by atoms with E-state index in [9.17, 15) is 22.8 Å². The highest BCUT2D eigenvalue weighted by Crippen LogP contribution is 2.33. The molecule has 0 saturated carbocycles. The number of alkyl halides is 3. The van der Waals surface area contributed by atoms with E-state index in [0.29, 0.717) is 34.7 Å². The maximum atomic E-state index is 12.8. The Morgan fingerprint density at radius 1 is 1.12 bits per heavy atom. The number of ether oxygens (including phenoxy) is 1. The Kier molecular flexibility index (Phi) is 5.86. The first kappa shape index (κ1) is 23.0. The van der Waals surface area contributed by atoms with E-state index in [2.05, 4.69) is 9.97 Å². The third kappa shape index (κ3) is 4.63. The summed E-state index contributed by atoms with van der Waals surface area (Å²) in [6, 6.07) is 8.89. The van der Waals surface area contributed by atoms with Crippen LogP contribution in [0.1, 0.15) is 17.8 Å². The molecule has 0 aliphatic heterocycles. The molecule has 0 bridgehead atoms. The second-order valence-corrected chi connectivity index (χ2v) is 7.68. The molecule has 0 atom stereocenters. The van der Waals surface area contributed by atoms with Crippen molar-refractivity contribution in [1.82, 2.24) is 19.1 Å². The summed E-state index contributed by atoms with van der Waals surface area (Å²) in [5, 5.41) is 0. The van der Waals surface area contributed by atoms with Gasteiger partial charge in [0.15, 0.2) is 0 Å². The number of benzene rings is 1. The summed E-state index contributed by atoms with van der Waals surface area (Å²) >= 11 is 0. The minimum Gasteiger partial charge on any atom is -0.439 e. The van der Waals surface area contributed by atoms with Crippen LogP contribution in [0.4, 0.5) is 13.2 Å². The largest absolute Gasteiger partial charge is 0.439 e. The number of aryl methyl sites for hydroxylation is 3. The molecular weight excluding hydrogens is 451 g/mol. The first-order valence-electron chi connectivity index (χ1n) is 10.2. The number of rotatable bonds is 6. The van der Waals surface area contributed by atoms with E-state index in [1.807, 2.05) is 4.57 Å². The summed E-state index contributed by atoms with van der Waals surface area (Å²) in [6.07, 6.45) is -2.58. The van der Waals surface area contributed by atoms with Crippen LogP contribution in [0.15, 0.2) is 53.5 Å². The molecule has 1 amide bonds. The van der Waals surface area contributed by atoms with Crippen molar-refractivity contribution in [3.8, 4) is 22.9 Å². The molecule has 3 aromatic heterocycles. The zero-order valence-corrected chi connectivity index (χ0v) is 18.3. The number of nitrogens with two attached hydrogens (primary N) is 1. The first-order valence-corrected chi connectivity index (χ1v) is 10.2. The van der Waals surface area contributed by atoms with Crippen LogP contribution in [-0.2, 0) is 24.6 Å². The van der Waals surface area contributed by atoms with Crippen LogP contribution >= 0.6 is 0 Å². The number of amides is 1. The van der Waals surface area contributed by atoms with Gasteiger partial charge in [0.05, 0.1) is 22.3 Å². The molecule has 0 saturated heterocycles. The molecule has 2 N–H and O–H groups in total. The van der Waals surface area contributed by atoms with Gasteiger partial charge >= 0.3 is 6.18 Å². The zero-order valence-electron chi connectivity index (χ0n) is 18.3. The molecule has 0 aliphatic rings. The molecule has 0 aliphatic carbocycles. The van der Waals surface area contributed by atoms with Crippen molar-refractivity contribution in [3.63, 3.8) is 0 Å². The predicted octanol–water partition coefficient (Wildman–Crippen LogP) is 3.79. The van der Waals surface area contributed by atoms with Crippen LogP contribution < -0.4 is 16.0 Å². The number of hydrogen-bond acceptors (Lipinski definition) is 5. The number of halogens is 3. The smallest absolute Gasteiger partial charge is 0.416 e. The van der Waals surface area contributed by atoms with Gasteiger partial charge in [0.2, 0.25) is 11.8 Å². The third-order valence-electron chi connectivity index (χ3n) is 5.24. The van der Waals surface area contributed by atoms with Gasteiger partial charge in [-0.2, -0.15) is 18.2 Å². The topological polar surface area (TPSA) is 105 Å². The lowest BCUT2D eigenvalue weighted by Crippen LogP contribution is -2.16. The van der Waals surface area contributed by atoms with Gasteiger partial charge in [0.1, 0.15) is 11.6 Å². The zero-order chi connectivity index (χ0) is 24.6.